The molecule has 0 saturated heterocycles. The third kappa shape index (κ3) is 6.44. The third-order valence-corrected chi connectivity index (χ3v) is 4.63. The van der Waals surface area contributed by atoms with Crippen LogP contribution >= 0.6 is 0 Å². The van der Waals surface area contributed by atoms with E-state index in [-0.39, 0.29) is 17.2 Å². The van der Waals surface area contributed by atoms with Gasteiger partial charge in [0.2, 0.25) is 0 Å². The first-order valence-electron chi connectivity index (χ1n) is 10.0. The molecule has 0 saturated carbocycles. The molecular formula is C25H24N4O4. The Labute approximate surface area is 191 Å². The second-order valence-corrected chi connectivity index (χ2v) is 7.31. The smallest absolute Gasteiger partial charge is 0.287 e. The first kappa shape index (κ1) is 23.1. The van der Waals surface area contributed by atoms with Gasteiger partial charge >= 0.3 is 0 Å². The fraction of sp³-hybridized carbons (Fsp3) is 0.0800. The molecule has 0 atom stereocenters. The normalized spacial score (nSPS) is 11.3. The average Bonchev–Trinajstić information content (AvgIpc) is 2.80. The number of amides is 2. The van der Waals surface area contributed by atoms with Crippen LogP contribution in [0.1, 0.15) is 21.5 Å². The maximum absolute atomic E-state index is 12.8. The number of nitrogens with zero attached hydrogens (tertiary/aromatic N) is 2. The van der Waals surface area contributed by atoms with Gasteiger partial charge in [-0.05, 0) is 48.0 Å². The largest absolute Gasteiger partial charge is 0.508 e. The quantitative estimate of drug-likeness (QED) is 0.254. The van der Waals surface area contributed by atoms with E-state index in [1.165, 1.54) is 18.3 Å². The van der Waals surface area contributed by atoms with E-state index in [1.807, 2.05) is 43.3 Å². The molecule has 33 heavy (non-hydrogen) atoms. The number of hydrogen-bond donors (Lipinski definition) is 4. The predicted octanol–water partition coefficient (Wildman–Crippen LogP) is 3.09. The van der Waals surface area contributed by atoms with Gasteiger partial charge in [-0.15, -0.1) is 0 Å². The number of benzene rings is 3. The Balaban J connectivity index is 1.82. The van der Waals surface area contributed by atoms with Crippen LogP contribution in [0.4, 0.5) is 5.69 Å². The van der Waals surface area contributed by atoms with Crippen molar-refractivity contribution in [3.8, 4) is 11.5 Å². The van der Waals surface area contributed by atoms with Gasteiger partial charge < -0.3 is 20.4 Å². The van der Waals surface area contributed by atoms with E-state index in [1.54, 1.807) is 36.4 Å². The van der Waals surface area contributed by atoms with E-state index in [0.29, 0.717) is 16.7 Å². The zero-order chi connectivity index (χ0) is 23.8. The minimum absolute atomic E-state index is 0.00599. The summed E-state index contributed by atoms with van der Waals surface area (Å²) < 4.78 is 0. The molecule has 0 radical (unpaired) electrons. The summed E-state index contributed by atoms with van der Waals surface area (Å²) in [5, 5.41) is 25.7. The fourth-order valence-electron chi connectivity index (χ4n) is 2.84. The Hall–Kier alpha value is -4.59. The number of hydrogen-bond acceptors (Lipinski definition) is 6. The van der Waals surface area contributed by atoms with Gasteiger partial charge in [0.1, 0.15) is 17.2 Å². The molecule has 0 unspecified atom stereocenters. The van der Waals surface area contributed by atoms with Gasteiger partial charge in [-0.2, -0.15) is 5.10 Å². The van der Waals surface area contributed by atoms with Crippen molar-refractivity contribution in [3.05, 3.63) is 95.2 Å². The van der Waals surface area contributed by atoms with Gasteiger partial charge in [0.15, 0.2) is 0 Å². The number of phenolic OH excluding ortho intramolecular Hbond substituents is 2. The molecule has 8 nitrogen and oxygen atoms in total. The zero-order valence-corrected chi connectivity index (χ0v) is 18.2. The summed E-state index contributed by atoms with van der Waals surface area (Å²) in [6.07, 6.45) is 2.78. The van der Waals surface area contributed by atoms with Gasteiger partial charge in [-0.25, -0.2) is 5.43 Å². The van der Waals surface area contributed by atoms with Crippen molar-refractivity contribution in [2.45, 2.75) is 0 Å². The lowest BCUT2D eigenvalue weighted by molar-refractivity contribution is -0.117. The van der Waals surface area contributed by atoms with E-state index in [2.05, 4.69) is 15.8 Å². The zero-order valence-electron chi connectivity index (χ0n) is 18.2. The Morgan fingerprint density at radius 2 is 1.64 bits per heavy atom. The number of phenols is 2. The van der Waals surface area contributed by atoms with Crippen LogP contribution in [-0.2, 0) is 4.79 Å². The number of rotatable bonds is 7. The summed E-state index contributed by atoms with van der Waals surface area (Å²) >= 11 is 0. The van der Waals surface area contributed by atoms with Gasteiger partial charge in [0, 0.05) is 37.0 Å². The van der Waals surface area contributed by atoms with Crippen LogP contribution in [0.5, 0.6) is 11.5 Å². The third-order valence-electron chi connectivity index (χ3n) is 4.63. The summed E-state index contributed by atoms with van der Waals surface area (Å²) in [4.78, 5) is 27.4. The highest BCUT2D eigenvalue weighted by atomic mass is 16.3. The van der Waals surface area contributed by atoms with Crippen molar-refractivity contribution in [1.82, 2.24) is 10.7 Å². The van der Waals surface area contributed by atoms with E-state index in [4.69, 9.17) is 0 Å². The molecule has 0 aromatic heterocycles. The van der Waals surface area contributed by atoms with Gasteiger partial charge in [0.05, 0.1) is 6.21 Å². The molecule has 3 aromatic carbocycles. The molecule has 3 rings (SSSR count). The van der Waals surface area contributed by atoms with Gasteiger partial charge in [-0.3, -0.25) is 9.59 Å². The maximum Gasteiger partial charge on any atom is 0.287 e. The number of carbonyl (C=O) groups excluding carboxylic acids is 2. The maximum atomic E-state index is 12.8. The highest BCUT2D eigenvalue weighted by Gasteiger charge is 2.14. The second-order valence-electron chi connectivity index (χ2n) is 7.31. The van der Waals surface area contributed by atoms with Crippen LogP contribution in [0.15, 0.2) is 83.6 Å². The SMILES string of the molecule is CN(C)c1ccc(C=C(NC(=O)c2ccccc2)C(=O)N/N=C/c2ccc(O)cc2O)cc1. The Kier molecular flexibility index (Phi) is 7.43. The molecule has 0 aliphatic heterocycles. The molecule has 0 heterocycles. The lowest BCUT2D eigenvalue weighted by Gasteiger charge is -2.12. The topological polar surface area (TPSA) is 114 Å². The second kappa shape index (κ2) is 10.6. The van der Waals surface area contributed by atoms with Crippen molar-refractivity contribution in [1.29, 1.82) is 0 Å². The molecule has 3 aromatic rings. The minimum Gasteiger partial charge on any atom is -0.508 e. The van der Waals surface area contributed by atoms with Crippen LogP contribution in [0.2, 0.25) is 0 Å². The number of carbonyl (C=O) groups is 2. The Bertz CT molecular complexity index is 1190. The van der Waals surface area contributed by atoms with Crippen molar-refractivity contribution >= 4 is 29.8 Å². The summed E-state index contributed by atoms with van der Waals surface area (Å²) in [7, 11) is 3.85. The van der Waals surface area contributed by atoms with Gasteiger partial charge in [0.25, 0.3) is 11.8 Å². The predicted molar refractivity (Wildman–Crippen MR) is 128 cm³/mol. The fourth-order valence-corrected chi connectivity index (χ4v) is 2.84. The van der Waals surface area contributed by atoms with Crippen LogP contribution in [-0.4, -0.2) is 42.3 Å². The van der Waals surface area contributed by atoms with Crippen LogP contribution in [0.3, 0.4) is 0 Å². The van der Waals surface area contributed by atoms with Crippen molar-refractivity contribution in [3.63, 3.8) is 0 Å². The first-order valence-corrected chi connectivity index (χ1v) is 10.0. The van der Waals surface area contributed by atoms with E-state index in [0.717, 1.165) is 11.8 Å². The van der Waals surface area contributed by atoms with Crippen molar-refractivity contribution < 1.29 is 19.8 Å². The molecule has 4 N–H and O–H groups in total. The summed E-state index contributed by atoms with van der Waals surface area (Å²) in [5.74, 6) is -1.38. The number of nitrogens with one attached hydrogen (secondary N) is 2. The number of aromatic hydroxyl groups is 2. The van der Waals surface area contributed by atoms with Crippen LogP contribution in [0.25, 0.3) is 6.08 Å². The number of anilines is 1. The highest BCUT2D eigenvalue weighted by Crippen LogP contribution is 2.20. The van der Waals surface area contributed by atoms with Crippen LogP contribution in [0, 0.1) is 0 Å². The lowest BCUT2D eigenvalue weighted by Crippen LogP contribution is -2.32. The monoisotopic (exact) mass is 444 g/mol. The van der Waals surface area contributed by atoms with E-state index < -0.39 is 11.8 Å². The molecule has 168 valence electrons. The number of hydrazone groups is 1. The average molecular weight is 444 g/mol. The first-order chi connectivity index (χ1) is 15.8. The molecule has 0 spiro atoms. The van der Waals surface area contributed by atoms with Gasteiger partial charge in [-0.1, -0.05) is 30.3 Å². The highest BCUT2D eigenvalue weighted by molar-refractivity contribution is 6.05. The molecule has 0 fully saturated rings. The molecule has 0 bridgehead atoms. The van der Waals surface area contributed by atoms with Crippen molar-refractivity contribution in [2.75, 3.05) is 19.0 Å². The lowest BCUT2D eigenvalue weighted by atomic mass is 10.1. The minimum atomic E-state index is -0.648. The van der Waals surface area contributed by atoms with Crippen LogP contribution < -0.4 is 15.6 Å². The summed E-state index contributed by atoms with van der Waals surface area (Å²) in [6, 6.07) is 20.0. The van der Waals surface area contributed by atoms with E-state index in [9.17, 15) is 19.8 Å². The standard InChI is InChI=1S/C25H24N4O4/c1-29(2)20-11-8-17(9-12-20)14-22(27-24(32)18-6-4-3-5-7-18)25(33)28-26-16-19-10-13-21(30)15-23(19)31/h3-16,30-31H,1-2H3,(H,27,32)(H,28,33)/b22-14?,26-16+. The molecule has 2 amide bonds. The molecule has 8 heteroatoms. The molecular weight excluding hydrogens is 420 g/mol. The summed E-state index contributed by atoms with van der Waals surface area (Å²) in [6.45, 7) is 0. The van der Waals surface area contributed by atoms with Crippen molar-refractivity contribution in [2.24, 2.45) is 5.10 Å². The summed E-state index contributed by atoms with van der Waals surface area (Å²) in [5.41, 5.74) is 4.73. The Morgan fingerprint density at radius 3 is 2.27 bits per heavy atom. The molecule has 0 aliphatic rings. The molecule has 0 aliphatic carbocycles. The Morgan fingerprint density at radius 1 is 0.939 bits per heavy atom. The van der Waals surface area contributed by atoms with E-state index >= 15 is 0 Å².